The first-order valence-electron chi connectivity index (χ1n) is 11.5. The Bertz CT molecular complexity index is 1030. The summed E-state index contributed by atoms with van der Waals surface area (Å²) >= 11 is 0. The summed E-state index contributed by atoms with van der Waals surface area (Å²) in [5.41, 5.74) is 1.30. The van der Waals surface area contributed by atoms with Crippen molar-refractivity contribution in [1.29, 1.82) is 0 Å². The second-order valence-corrected chi connectivity index (χ2v) is 9.14. The van der Waals surface area contributed by atoms with Gasteiger partial charge < -0.3 is 15.0 Å². The highest BCUT2D eigenvalue weighted by molar-refractivity contribution is 5.98. The van der Waals surface area contributed by atoms with Crippen LogP contribution >= 0.6 is 0 Å². The molecule has 33 heavy (non-hydrogen) atoms. The topological polar surface area (TPSA) is 79.0 Å². The molecule has 0 bridgehead atoms. The Morgan fingerprint density at radius 2 is 1.64 bits per heavy atom. The van der Waals surface area contributed by atoms with Gasteiger partial charge in [-0.15, -0.1) is 0 Å². The number of ether oxygens (including phenoxy) is 1. The largest absolute Gasteiger partial charge is 0.353 e. The standard InChI is InChI=1S/C26H31N3O4/c1-18(2)27-23(30)22-17-33-26(29(22)25(32)20-9-5-4-6-10-20)12-14-28(15-13-26)24(31)21-11-7-8-19(3)16-21/h4-11,16,18,22H,12-15,17H2,1-3H3,(H,27,30)/t22-/m1/s1. The molecular formula is C26H31N3O4. The van der Waals surface area contributed by atoms with E-state index in [2.05, 4.69) is 5.32 Å². The summed E-state index contributed by atoms with van der Waals surface area (Å²) in [5.74, 6) is -0.471. The van der Waals surface area contributed by atoms with Crippen molar-refractivity contribution in [1.82, 2.24) is 15.1 Å². The van der Waals surface area contributed by atoms with Gasteiger partial charge in [-0.25, -0.2) is 0 Å². The van der Waals surface area contributed by atoms with E-state index in [0.717, 1.165) is 5.56 Å². The minimum absolute atomic E-state index is 0.0263. The molecule has 0 saturated carbocycles. The van der Waals surface area contributed by atoms with Crippen molar-refractivity contribution < 1.29 is 19.1 Å². The maximum absolute atomic E-state index is 13.6. The molecule has 174 valence electrons. The highest BCUT2D eigenvalue weighted by Crippen LogP contribution is 2.38. The number of rotatable bonds is 4. The highest BCUT2D eigenvalue weighted by atomic mass is 16.5. The Morgan fingerprint density at radius 1 is 0.970 bits per heavy atom. The minimum atomic E-state index is -0.907. The van der Waals surface area contributed by atoms with Crippen LogP contribution in [0, 0.1) is 6.92 Å². The Hall–Kier alpha value is -3.19. The van der Waals surface area contributed by atoms with Crippen molar-refractivity contribution >= 4 is 17.7 Å². The molecule has 4 rings (SSSR count). The Kier molecular flexibility index (Phi) is 6.51. The van der Waals surface area contributed by atoms with Gasteiger partial charge in [0, 0.05) is 43.1 Å². The van der Waals surface area contributed by atoms with E-state index in [-0.39, 0.29) is 30.4 Å². The number of likely N-dealkylation sites (tertiary alicyclic amines) is 1. The van der Waals surface area contributed by atoms with Gasteiger partial charge in [-0.3, -0.25) is 19.3 Å². The molecule has 7 heteroatoms. The third-order valence-corrected chi connectivity index (χ3v) is 6.33. The molecule has 0 radical (unpaired) electrons. The molecule has 2 aromatic rings. The predicted octanol–water partition coefficient (Wildman–Crippen LogP) is 2.99. The number of carbonyl (C=O) groups is 3. The van der Waals surface area contributed by atoms with E-state index in [1.165, 1.54) is 0 Å². The number of piperidine rings is 1. The van der Waals surface area contributed by atoms with Crippen molar-refractivity contribution in [3.63, 3.8) is 0 Å². The fourth-order valence-corrected chi connectivity index (χ4v) is 4.69. The highest BCUT2D eigenvalue weighted by Gasteiger charge is 2.54. The van der Waals surface area contributed by atoms with E-state index in [1.807, 2.05) is 63.2 Å². The van der Waals surface area contributed by atoms with E-state index in [0.29, 0.717) is 37.1 Å². The summed E-state index contributed by atoms with van der Waals surface area (Å²) in [7, 11) is 0. The van der Waals surface area contributed by atoms with Crippen LogP contribution in [-0.4, -0.2) is 65.0 Å². The first-order valence-corrected chi connectivity index (χ1v) is 11.5. The van der Waals surface area contributed by atoms with Crippen LogP contribution < -0.4 is 5.32 Å². The lowest BCUT2D eigenvalue weighted by atomic mass is 9.96. The van der Waals surface area contributed by atoms with Crippen LogP contribution in [0.3, 0.4) is 0 Å². The number of nitrogens with one attached hydrogen (secondary N) is 1. The molecule has 0 unspecified atom stereocenters. The van der Waals surface area contributed by atoms with Gasteiger partial charge in [0.25, 0.3) is 11.8 Å². The molecule has 0 aliphatic carbocycles. The van der Waals surface area contributed by atoms with Crippen molar-refractivity contribution in [3.8, 4) is 0 Å². The first-order chi connectivity index (χ1) is 15.8. The molecule has 0 aromatic heterocycles. The number of benzene rings is 2. The van der Waals surface area contributed by atoms with Crippen LogP contribution in [0.25, 0.3) is 0 Å². The average molecular weight is 450 g/mol. The number of aryl methyl sites for hydroxylation is 1. The zero-order chi connectivity index (χ0) is 23.6. The molecule has 2 saturated heterocycles. The lowest BCUT2D eigenvalue weighted by molar-refractivity contribution is -0.128. The van der Waals surface area contributed by atoms with Crippen molar-refractivity contribution in [3.05, 3.63) is 71.3 Å². The van der Waals surface area contributed by atoms with Gasteiger partial charge in [0.1, 0.15) is 11.8 Å². The van der Waals surface area contributed by atoms with Crippen LogP contribution in [0.1, 0.15) is 53.0 Å². The molecule has 2 heterocycles. The van der Waals surface area contributed by atoms with Crippen LogP contribution in [0.5, 0.6) is 0 Å². The van der Waals surface area contributed by atoms with Crippen LogP contribution in [0.15, 0.2) is 54.6 Å². The van der Waals surface area contributed by atoms with E-state index in [9.17, 15) is 14.4 Å². The van der Waals surface area contributed by atoms with Crippen LogP contribution in [-0.2, 0) is 9.53 Å². The Balaban J connectivity index is 1.57. The fourth-order valence-electron chi connectivity index (χ4n) is 4.69. The van der Waals surface area contributed by atoms with E-state index in [4.69, 9.17) is 4.74 Å². The molecule has 2 aliphatic rings. The van der Waals surface area contributed by atoms with Crippen molar-refractivity contribution in [2.75, 3.05) is 19.7 Å². The molecular weight excluding hydrogens is 418 g/mol. The number of carbonyl (C=O) groups excluding carboxylic acids is 3. The number of hydrogen-bond acceptors (Lipinski definition) is 4. The maximum atomic E-state index is 13.6. The van der Waals surface area contributed by atoms with Crippen LogP contribution in [0.4, 0.5) is 0 Å². The summed E-state index contributed by atoms with van der Waals surface area (Å²) in [6.07, 6.45) is 0.906. The van der Waals surface area contributed by atoms with E-state index >= 15 is 0 Å². The second-order valence-electron chi connectivity index (χ2n) is 9.14. The maximum Gasteiger partial charge on any atom is 0.256 e. The summed E-state index contributed by atoms with van der Waals surface area (Å²) in [4.78, 5) is 43.0. The quantitative estimate of drug-likeness (QED) is 0.778. The SMILES string of the molecule is Cc1cccc(C(=O)N2CCC3(CC2)OC[C@H](C(=O)NC(C)C)N3C(=O)c2ccccc2)c1. The molecule has 2 aliphatic heterocycles. The normalized spacial score (nSPS) is 19.7. The molecule has 2 fully saturated rings. The lowest BCUT2D eigenvalue weighted by Gasteiger charge is -2.44. The molecule has 7 nitrogen and oxygen atoms in total. The van der Waals surface area contributed by atoms with Crippen LogP contribution in [0.2, 0.25) is 0 Å². The van der Waals surface area contributed by atoms with Gasteiger partial charge in [-0.2, -0.15) is 0 Å². The smallest absolute Gasteiger partial charge is 0.256 e. The molecule has 1 N–H and O–H groups in total. The summed E-state index contributed by atoms with van der Waals surface area (Å²) in [6.45, 7) is 6.78. The number of amides is 3. The first kappa shape index (κ1) is 23.0. The predicted molar refractivity (Wildman–Crippen MR) is 125 cm³/mol. The molecule has 3 amide bonds. The van der Waals surface area contributed by atoms with Gasteiger partial charge >= 0.3 is 0 Å². The number of nitrogens with zero attached hydrogens (tertiary/aromatic N) is 2. The average Bonchev–Trinajstić information content (AvgIpc) is 3.17. The third-order valence-electron chi connectivity index (χ3n) is 6.33. The third kappa shape index (κ3) is 4.64. The monoisotopic (exact) mass is 449 g/mol. The van der Waals surface area contributed by atoms with E-state index in [1.54, 1.807) is 21.9 Å². The van der Waals surface area contributed by atoms with Gasteiger partial charge in [0.2, 0.25) is 5.91 Å². The second kappa shape index (κ2) is 9.35. The van der Waals surface area contributed by atoms with Gasteiger partial charge in [0.05, 0.1) is 6.61 Å². The molecule has 1 atom stereocenters. The molecule has 2 aromatic carbocycles. The van der Waals surface area contributed by atoms with Gasteiger partial charge in [-0.05, 0) is 45.0 Å². The lowest BCUT2D eigenvalue weighted by Crippen LogP contribution is -2.60. The zero-order valence-electron chi connectivity index (χ0n) is 19.4. The van der Waals surface area contributed by atoms with E-state index < -0.39 is 11.8 Å². The van der Waals surface area contributed by atoms with Gasteiger partial charge in [0.15, 0.2) is 0 Å². The fraction of sp³-hybridized carbons (Fsp3) is 0.423. The summed E-state index contributed by atoms with van der Waals surface area (Å²) in [6, 6.07) is 15.8. The Morgan fingerprint density at radius 3 is 2.27 bits per heavy atom. The molecule has 1 spiro atoms. The minimum Gasteiger partial charge on any atom is -0.353 e. The Labute approximate surface area is 194 Å². The van der Waals surface area contributed by atoms with Gasteiger partial charge in [-0.1, -0.05) is 35.9 Å². The summed E-state index contributed by atoms with van der Waals surface area (Å²) < 4.78 is 6.21. The zero-order valence-corrected chi connectivity index (χ0v) is 19.4. The van der Waals surface area contributed by atoms with Crippen molar-refractivity contribution in [2.24, 2.45) is 0 Å². The van der Waals surface area contributed by atoms with Crippen molar-refractivity contribution in [2.45, 2.75) is 51.4 Å². The summed E-state index contributed by atoms with van der Waals surface area (Å²) in [5, 5.41) is 2.92. The number of hydrogen-bond donors (Lipinski definition) is 1.